The van der Waals surface area contributed by atoms with Crippen molar-refractivity contribution in [1.29, 1.82) is 0 Å². The molecule has 5 nitrogen and oxygen atoms in total. The minimum absolute atomic E-state index is 0.0681. The molecule has 0 saturated heterocycles. The second-order valence-electron chi connectivity index (χ2n) is 7.21. The maximum absolute atomic E-state index is 12.3. The average molecular weight is 466 g/mol. The zero-order valence-electron chi connectivity index (χ0n) is 17.4. The number of hydrogen-bond acceptors (Lipinski definition) is 3. The lowest BCUT2D eigenvalue weighted by Crippen LogP contribution is -2.34. The molecule has 0 aliphatic carbocycles. The average Bonchev–Trinajstić information content (AvgIpc) is 2.78. The Morgan fingerprint density at radius 2 is 1.41 bits per heavy atom. The first-order valence-electron chi connectivity index (χ1n) is 10.3. The van der Waals surface area contributed by atoms with Gasteiger partial charge in [-0.3, -0.25) is 9.59 Å². The Bertz CT molecular complexity index is 1090. The molecule has 2 amide bonds. The molecule has 3 N–H and O–H groups in total. The van der Waals surface area contributed by atoms with Gasteiger partial charge < -0.3 is 16.0 Å². The monoisotopic (exact) mass is 465 g/mol. The van der Waals surface area contributed by atoms with Crippen molar-refractivity contribution in [3.05, 3.63) is 95.0 Å². The highest BCUT2D eigenvalue weighted by molar-refractivity contribution is 7.80. The lowest BCUT2D eigenvalue weighted by Gasteiger charge is -2.12. The van der Waals surface area contributed by atoms with Gasteiger partial charge in [0.15, 0.2) is 5.11 Å². The maximum atomic E-state index is 12.3. The van der Waals surface area contributed by atoms with E-state index < -0.39 is 0 Å². The largest absolute Gasteiger partial charge is 0.332 e. The third kappa shape index (κ3) is 7.80. The Kier molecular flexibility index (Phi) is 8.78. The molecule has 0 aromatic heterocycles. The highest BCUT2D eigenvalue weighted by atomic mass is 35.5. The molecule has 164 valence electrons. The van der Waals surface area contributed by atoms with E-state index >= 15 is 0 Å². The van der Waals surface area contributed by atoms with Crippen molar-refractivity contribution in [2.45, 2.75) is 25.7 Å². The lowest BCUT2D eigenvalue weighted by molar-refractivity contribution is -0.119. The maximum Gasteiger partial charge on any atom is 0.226 e. The summed E-state index contributed by atoms with van der Waals surface area (Å²) in [6.07, 6.45) is 1.86. The topological polar surface area (TPSA) is 70.2 Å². The summed E-state index contributed by atoms with van der Waals surface area (Å²) in [5, 5.41) is 9.37. The number of thiocarbonyl (C=S) groups is 1. The molecule has 0 saturated carbocycles. The fourth-order valence-electron chi connectivity index (χ4n) is 3.10. The van der Waals surface area contributed by atoms with Crippen LogP contribution in [0.3, 0.4) is 0 Å². The molecule has 0 bridgehead atoms. The Morgan fingerprint density at radius 3 is 2.16 bits per heavy atom. The zero-order valence-corrected chi connectivity index (χ0v) is 19.0. The van der Waals surface area contributed by atoms with Gasteiger partial charge in [-0.05, 0) is 60.5 Å². The first-order valence-corrected chi connectivity index (χ1v) is 11.1. The van der Waals surface area contributed by atoms with Gasteiger partial charge >= 0.3 is 0 Å². The standard InChI is InChI=1S/C25H24ClN3O2S/c26-22-12-5-4-9-19(22)14-16-24(31)29-25(32)28-21-11-6-10-20(17-21)27-23(30)15-13-18-7-2-1-3-8-18/h1-12,17H,13-16H2,(H,27,30)(H2,28,29,31,32). The summed E-state index contributed by atoms with van der Waals surface area (Å²) in [7, 11) is 0. The van der Waals surface area contributed by atoms with Gasteiger partial charge in [-0.25, -0.2) is 0 Å². The van der Waals surface area contributed by atoms with E-state index in [1.807, 2.05) is 54.6 Å². The fraction of sp³-hybridized carbons (Fsp3) is 0.160. The van der Waals surface area contributed by atoms with Crippen molar-refractivity contribution < 1.29 is 9.59 Å². The van der Waals surface area contributed by atoms with E-state index in [0.29, 0.717) is 35.7 Å². The van der Waals surface area contributed by atoms with Crippen molar-refractivity contribution in [2.24, 2.45) is 0 Å². The normalized spacial score (nSPS) is 10.3. The molecule has 0 spiro atoms. The summed E-state index contributed by atoms with van der Waals surface area (Å²) in [6.45, 7) is 0. The molecular weight excluding hydrogens is 442 g/mol. The number of amides is 2. The fourth-order valence-corrected chi connectivity index (χ4v) is 3.56. The molecule has 7 heteroatoms. The van der Waals surface area contributed by atoms with E-state index in [-0.39, 0.29) is 23.3 Å². The van der Waals surface area contributed by atoms with Crippen molar-refractivity contribution in [3.63, 3.8) is 0 Å². The zero-order chi connectivity index (χ0) is 22.8. The van der Waals surface area contributed by atoms with Crippen molar-refractivity contribution >= 4 is 52.1 Å². The second-order valence-corrected chi connectivity index (χ2v) is 8.02. The first kappa shape index (κ1) is 23.4. The van der Waals surface area contributed by atoms with Gasteiger partial charge in [0.1, 0.15) is 0 Å². The summed E-state index contributed by atoms with van der Waals surface area (Å²) >= 11 is 11.4. The van der Waals surface area contributed by atoms with Crippen LogP contribution in [0.5, 0.6) is 0 Å². The number of rotatable bonds is 8. The summed E-state index contributed by atoms with van der Waals surface area (Å²) in [5.74, 6) is -0.269. The molecule has 3 rings (SSSR count). The molecule has 0 aliphatic heterocycles. The van der Waals surface area contributed by atoms with E-state index in [2.05, 4.69) is 16.0 Å². The van der Waals surface area contributed by atoms with Crippen LogP contribution in [-0.4, -0.2) is 16.9 Å². The number of carbonyl (C=O) groups is 2. The third-order valence-corrected chi connectivity index (χ3v) is 5.29. The molecule has 3 aromatic rings. The van der Waals surface area contributed by atoms with Crippen molar-refractivity contribution in [3.8, 4) is 0 Å². The smallest absolute Gasteiger partial charge is 0.226 e. The van der Waals surface area contributed by atoms with Gasteiger partial charge in [0.25, 0.3) is 0 Å². The van der Waals surface area contributed by atoms with Gasteiger partial charge in [0, 0.05) is 29.2 Å². The Hall–Kier alpha value is -3.22. The van der Waals surface area contributed by atoms with Crippen LogP contribution in [-0.2, 0) is 22.4 Å². The van der Waals surface area contributed by atoms with Crippen LogP contribution in [0, 0.1) is 0 Å². The van der Waals surface area contributed by atoms with Crippen LogP contribution in [0.25, 0.3) is 0 Å². The van der Waals surface area contributed by atoms with Crippen molar-refractivity contribution in [2.75, 3.05) is 10.6 Å². The molecule has 0 aliphatic rings. The van der Waals surface area contributed by atoms with Gasteiger partial charge in [0.2, 0.25) is 11.8 Å². The van der Waals surface area contributed by atoms with Crippen LogP contribution >= 0.6 is 23.8 Å². The number of hydrogen-bond donors (Lipinski definition) is 3. The highest BCUT2D eigenvalue weighted by Crippen LogP contribution is 2.17. The van der Waals surface area contributed by atoms with Crippen LogP contribution in [0.1, 0.15) is 24.0 Å². The van der Waals surface area contributed by atoms with Crippen molar-refractivity contribution in [1.82, 2.24) is 5.32 Å². The van der Waals surface area contributed by atoms with Crippen LogP contribution < -0.4 is 16.0 Å². The van der Waals surface area contributed by atoms with E-state index in [9.17, 15) is 9.59 Å². The van der Waals surface area contributed by atoms with Gasteiger partial charge in [0.05, 0.1) is 0 Å². The van der Waals surface area contributed by atoms with Crippen LogP contribution in [0.4, 0.5) is 11.4 Å². The molecule has 0 atom stereocenters. The molecule has 0 unspecified atom stereocenters. The van der Waals surface area contributed by atoms with Gasteiger partial charge in [-0.2, -0.15) is 0 Å². The number of anilines is 2. The highest BCUT2D eigenvalue weighted by Gasteiger charge is 2.08. The Labute approximate surface area is 198 Å². The predicted octanol–water partition coefficient (Wildman–Crippen LogP) is 5.36. The van der Waals surface area contributed by atoms with Gasteiger partial charge in [-0.1, -0.05) is 66.2 Å². The van der Waals surface area contributed by atoms with Gasteiger partial charge in [-0.15, -0.1) is 0 Å². The predicted molar refractivity (Wildman–Crippen MR) is 134 cm³/mol. The summed E-state index contributed by atoms with van der Waals surface area (Å²) in [6, 6.07) is 24.5. The van der Waals surface area contributed by atoms with E-state index in [1.165, 1.54) is 0 Å². The number of benzene rings is 3. The number of carbonyl (C=O) groups excluding carboxylic acids is 2. The minimum Gasteiger partial charge on any atom is -0.332 e. The minimum atomic E-state index is -0.201. The summed E-state index contributed by atoms with van der Waals surface area (Å²) in [4.78, 5) is 24.4. The number of aryl methyl sites for hydroxylation is 2. The second kappa shape index (κ2) is 12.0. The molecule has 32 heavy (non-hydrogen) atoms. The quantitative estimate of drug-likeness (QED) is 0.392. The molecular formula is C25H24ClN3O2S. The molecule has 0 heterocycles. The SMILES string of the molecule is O=C(CCc1ccccc1Cl)NC(=S)Nc1cccc(NC(=O)CCc2ccccc2)c1. The summed E-state index contributed by atoms with van der Waals surface area (Å²) < 4.78 is 0. The molecule has 3 aromatic carbocycles. The number of halogens is 1. The van der Waals surface area contributed by atoms with E-state index in [4.69, 9.17) is 23.8 Å². The summed E-state index contributed by atoms with van der Waals surface area (Å²) in [5.41, 5.74) is 3.36. The number of nitrogens with one attached hydrogen (secondary N) is 3. The third-order valence-electron chi connectivity index (χ3n) is 4.72. The van der Waals surface area contributed by atoms with E-state index in [0.717, 1.165) is 11.1 Å². The Balaban J connectivity index is 1.45. The molecule has 0 radical (unpaired) electrons. The van der Waals surface area contributed by atoms with Crippen LogP contribution in [0.15, 0.2) is 78.9 Å². The van der Waals surface area contributed by atoms with Crippen LogP contribution in [0.2, 0.25) is 5.02 Å². The Morgan fingerprint density at radius 1 is 0.750 bits per heavy atom. The lowest BCUT2D eigenvalue weighted by atomic mass is 10.1. The first-order chi connectivity index (χ1) is 15.5. The van der Waals surface area contributed by atoms with E-state index in [1.54, 1.807) is 24.3 Å². The molecule has 0 fully saturated rings.